The molecule has 16 heavy (non-hydrogen) atoms. The minimum absolute atomic E-state index is 0.0182. The Morgan fingerprint density at radius 2 is 2.19 bits per heavy atom. The monoisotopic (exact) mass is 245 g/mol. The Balaban J connectivity index is 2.35. The summed E-state index contributed by atoms with van der Waals surface area (Å²) < 4.78 is 25.0. The van der Waals surface area contributed by atoms with Gasteiger partial charge in [0, 0.05) is 16.1 Å². The predicted octanol–water partition coefficient (Wildman–Crippen LogP) is 3.88. The maximum Gasteiger partial charge on any atom is 0.263 e. The van der Waals surface area contributed by atoms with Gasteiger partial charge in [-0.1, -0.05) is 23.7 Å². The number of halogens is 3. The van der Waals surface area contributed by atoms with Crippen LogP contribution in [0.1, 0.15) is 37.3 Å². The summed E-state index contributed by atoms with van der Waals surface area (Å²) in [4.78, 5) is 0. The van der Waals surface area contributed by atoms with Crippen LogP contribution in [0.3, 0.4) is 0 Å². The largest absolute Gasteiger partial charge is 0.308 e. The van der Waals surface area contributed by atoms with Gasteiger partial charge in [-0.2, -0.15) is 0 Å². The highest BCUT2D eigenvalue weighted by Crippen LogP contribution is 2.36. The van der Waals surface area contributed by atoms with Gasteiger partial charge >= 0.3 is 0 Å². The van der Waals surface area contributed by atoms with E-state index in [1.54, 1.807) is 6.07 Å². The highest BCUT2D eigenvalue weighted by Gasteiger charge is 2.31. The van der Waals surface area contributed by atoms with Crippen LogP contribution in [0.15, 0.2) is 18.2 Å². The van der Waals surface area contributed by atoms with Crippen molar-refractivity contribution in [2.75, 3.05) is 6.54 Å². The molecule has 88 valence electrons. The first-order valence-electron chi connectivity index (χ1n) is 5.36. The molecule has 1 unspecified atom stereocenters. The van der Waals surface area contributed by atoms with E-state index in [2.05, 4.69) is 12.2 Å². The number of alkyl halides is 2. The number of rotatable bonds is 2. The van der Waals surface area contributed by atoms with Gasteiger partial charge in [-0.3, -0.25) is 0 Å². The van der Waals surface area contributed by atoms with E-state index < -0.39 is 6.43 Å². The Hall–Kier alpha value is -0.670. The maximum absolute atomic E-state index is 12.5. The zero-order chi connectivity index (χ0) is 11.8. The van der Waals surface area contributed by atoms with Crippen molar-refractivity contribution in [2.24, 2.45) is 0 Å². The van der Waals surface area contributed by atoms with Crippen LogP contribution < -0.4 is 5.32 Å². The van der Waals surface area contributed by atoms with Gasteiger partial charge in [0.05, 0.1) is 0 Å². The van der Waals surface area contributed by atoms with Gasteiger partial charge in [-0.05, 0) is 37.9 Å². The summed E-state index contributed by atoms with van der Waals surface area (Å²) >= 11 is 6.07. The van der Waals surface area contributed by atoms with E-state index in [0.29, 0.717) is 5.02 Å². The second-order valence-electron chi connectivity index (χ2n) is 4.40. The third kappa shape index (κ3) is 2.06. The fourth-order valence-electron chi connectivity index (χ4n) is 2.24. The Kier molecular flexibility index (Phi) is 3.17. The molecule has 1 aromatic rings. The van der Waals surface area contributed by atoms with Crippen molar-refractivity contribution in [3.63, 3.8) is 0 Å². The molecular weight excluding hydrogens is 232 g/mol. The van der Waals surface area contributed by atoms with Gasteiger partial charge in [0.15, 0.2) is 0 Å². The molecule has 0 bridgehead atoms. The van der Waals surface area contributed by atoms with Crippen molar-refractivity contribution in [3.05, 3.63) is 34.3 Å². The summed E-state index contributed by atoms with van der Waals surface area (Å²) in [6.45, 7) is 3.01. The first-order chi connectivity index (χ1) is 7.53. The van der Waals surface area contributed by atoms with Gasteiger partial charge in [-0.25, -0.2) is 8.78 Å². The summed E-state index contributed by atoms with van der Waals surface area (Å²) in [5.74, 6) is 0. The van der Waals surface area contributed by atoms with Crippen molar-refractivity contribution in [2.45, 2.75) is 31.7 Å². The van der Waals surface area contributed by atoms with Crippen LogP contribution in [-0.2, 0) is 5.54 Å². The van der Waals surface area contributed by atoms with Gasteiger partial charge in [-0.15, -0.1) is 0 Å². The smallest absolute Gasteiger partial charge is 0.263 e. The third-order valence-corrected chi connectivity index (χ3v) is 3.52. The normalized spacial score (nSPS) is 25.3. The summed E-state index contributed by atoms with van der Waals surface area (Å²) in [6.07, 6.45) is -0.389. The molecule has 1 atom stereocenters. The Morgan fingerprint density at radius 1 is 1.44 bits per heavy atom. The topological polar surface area (TPSA) is 12.0 Å². The second kappa shape index (κ2) is 4.30. The number of nitrogens with one attached hydrogen (secondary N) is 1. The fraction of sp³-hybridized carbons (Fsp3) is 0.500. The minimum atomic E-state index is -2.46. The SMILES string of the molecule is CC1(c2ccc(C(F)F)cc2Cl)CCCN1. The Bertz CT molecular complexity index is 387. The summed E-state index contributed by atoms with van der Waals surface area (Å²) in [6, 6.07) is 4.53. The number of benzene rings is 1. The molecule has 1 nitrogen and oxygen atoms in total. The van der Waals surface area contributed by atoms with Gasteiger partial charge in [0.1, 0.15) is 0 Å². The van der Waals surface area contributed by atoms with Crippen LogP contribution in [0.5, 0.6) is 0 Å². The predicted molar refractivity (Wildman–Crippen MR) is 61.0 cm³/mol. The molecule has 1 saturated heterocycles. The summed E-state index contributed by atoms with van der Waals surface area (Å²) in [5.41, 5.74) is 0.726. The fourth-order valence-corrected chi connectivity index (χ4v) is 2.64. The van der Waals surface area contributed by atoms with Gasteiger partial charge in [0.25, 0.3) is 6.43 Å². The quantitative estimate of drug-likeness (QED) is 0.834. The highest BCUT2D eigenvalue weighted by atomic mass is 35.5. The van der Waals surface area contributed by atoms with Crippen LogP contribution in [0.25, 0.3) is 0 Å². The lowest BCUT2D eigenvalue weighted by Crippen LogP contribution is -2.33. The van der Waals surface area contributed by atoms with E-state index >= 15 is 0 Å². The molecule has 1 fully saturated rings. The lowest BCUT2D eigenvalue weighted by atomic mass is 9.90. The van der Waals surface area contributed by atoms with E-state index in [1.165, 1.54) is 12.1 Å². The molecule has 0 saturated carbocycles. The van der Waals surface area contributed by atoms with Crippen molar-refractivity contribution < 1.29 is 8.78 Å². The van der Waals surface area contributed by atoms with Crippen LogP contribution in [-0.4, -0.2) is 6.54 Å². The second-order valence-corrected chi connectivity index (χ2v) is 4.81. The molecule has 2 rings (SSSR count). The van der Waals surface area contributed by atoms with E-state index in [1.807, 2.05) is 0 Å². The van der Waals surface area contributed by atoms with Crippen LogP contribution in [0.4, 0.5) is 8.78 Å². The van der Waals surface area contributed by atoms with E-state index in [4.69, 9.17) is 11.6 Å². The first-order valence-corrected chi connectivity index (χ1v) is 5.74. The van der Waals surface area contributed by atoms with E-state index in [-0.39, 0.29) is 11.1 Å². The summed E-state index contributed by atoms with van der Waals surface area (Å²) in [5, 5.41) is 3.79. The zero-order valence-corrected chi connectivity index (χ0v) is 9.82. The average Bonchev–Trinajstić information content (AvgIpc) is 2.65. The highest BCUT2D eigenvalue weighted by molar-refractivity contribution is 6.31. The molecule has 1 aliphatic rings. The van der Waals surface area contributed by atoms with Crippen LogP contribution in [0, 0.1) is 0 Å². The van der Waals surface area contributed by atoms with Crippen molar-refractivity contribution in [1.82, 2.24) is 5.32 Å². The zero-order valence-electron chi connectivity index (χ0n) is 9.06. The van der Waals surface area contributed by atoms with Gasteiger partial charge in [0.2, 0.25) is 0 Å². The van der Waals surface area contributed by atoms with E-state index in [9.17, 15) is 8.78 Å². The molecule has 0 aromatic heterocycles. The van der Waals surface area contributed by atoms with Gasteiger partial charge < -0.3 is 5.32 Å². The number of hydrogen-bond donors (Lipinski definition) is 1. The molecular formula is C12H14ClF2N. The van der Waals surface area contributed by atoms with Crippen LogP contribution in [0.2, 0.25) is 5.02 Å². The van der Waals surface area contributed by atoms with Crippen molar-refractivity contribution in [3.8, 4) is 0 Å². The average molecular weight is 246 g/mol. The van der Waals surface area contributed by atoms with E-state index in [0.717, 1.165) is 24.9 Å². The molecule has 4 heteroatoms. The Morgan fingerprint density at radius 3 is 2.69 bits per heavy atom. The third-order valence-electron chi connectivity index (χ3n) is 3.21. The summed E-state index contributed by atoms with van der Waals surface area (Å²) in [7, 11) is 0. The molecule has 0 aliphatic carbocycles. The standard InChI is InChI=1S/C12H14ClF2N/c1-12(5-2-6-16-12)9-4-3-8(11(14)15)7-10(9)13/h3-4,7,11,16H,2,5-6H2,1H3. The van der Waals surface area contributed by atoms with Crippen LogP contribution >= 0.6 is 11.6 Å². The maximum atomic E-state index is 12.5. The molecule has 0 spiro atoms. The molecule has 0 amide bonds. The van der Waals surface area contributed by atoms with Crippen molar-refractivity contribution >= 4 is 11.6 Å². The lowest BCUT2D eigenvalue weighted by molar-refractivity contribution is 0.151. The lowest BCUT2D eigenvalue weighted by Gasteiger charge is -2.26. The molecule has 1 aliphatic heterocycles. The Labute approximate surface area is 98.8 Å². The molecule has 1 aromatic carbocycles. The minimum Gasteiger partial charge on any atom is -0.308 e. The van der Waals surface area contributed by atoms with Crippen molar-refractivity contribution in [1.29, 1.82) is 0 Å². The molecule has 1 N–H and O–H groups in total. The first kappa shape index (κ1) is 11.8. The molecule has 0 radical (unpaired) electrons. The molecule has 1 heterocycles. The number of hydrogen-bond acceptors (Lipinski definition) is 1.